The Labute approximate surface area is 80.9 Å². The van der Waals surface area contributed by atoms with Crippen LogP contribution in [0.5, 0.6) is 0 Å². The first-order chi connectivity index (χ1) is 5.34. The summed E-state index contributed by atoms with van der Waals surface area (Å²) in [6, 6.07) is 7.82. The van der Waals surface area contributed by atoms with Crippen LogP contribution in [0.4, 0.5) is 0 Å². The van der Waals surface area contributed by atoms with E-state index in [2.05, 4.69) is 0 Å². The fourth-order valence-corrected chi connectivity index (χ4v) is 1.83. The largest absolute Gasteiger partial charge is 0.141 e. The Bertz CT molecular complexity index is 225. The second-order valence-corrected chi connectivity index (χ2v) is 4.03. The monoisotopic (exact) mass is 206 g/mol. The summed E-state index contributed by atoms with van der Waals surface area (Å²) in [5, 5.41) is 1.44. The molecule has 0 fully saturated rings. The third kappa shape index (κ3) is 2.94. The van der Waals surface area contributed by atoms with Crippen molar-refractivity contribution < 1.29 is 0 Å². The van der Waals surface area contributed by atoms with E-state index in [-0.39, 0.29) is 0 Å². The molecule has 0 unspecified atom stereocenters. The molecule has 0 aliphatic heterocycles. The summed E-state index contributed by atoms with van der Waals surface area (Å²) in [6.45, 7) is 0. The average molecular weight is 207 g/mol. The van der Waals surface area contributed by atoms with Gasteiger partial charge < -0.3 is 0 Å². The number of rotatable bonds is 3. The maximum Gasteiger partial charge on any atom is 0.0683 e. The second kappa shape index (κ2) is 4.91. The lowest BCUT2D eigenvalue weighted by Gasteiger charge is -2.00. The van der Waals surface area contributed by atoms with Crippen LogP contribution in [0, 0.1) is 0 Å². The maximum atomic E-state index is 5.90. The van der Waals surface area contributed by atoms with E-state index in [4.69, 9.17) is 23.2 Å². The van der Waals surface area contributed by atoms with Gasteiger partial charge in [0.15, 0.2) is 0 Å². The molecule has 0 N–H and O–H groups in total. The highest BCUT2D eigenvalue weighted by Gasteiger charge is 1.96. The van der Waals surface area contributed by atoms with Crippen LogP contribution in [-0.4, -0.2) is 5.21 Å². The quantitative estimate of drug-likeness (QED) is 0.680. The van der Waals surface area contributed by atoms with Gasteiger partial charge in [-0.25, -0.2) is 0 Å². The number of benzene rings is 1. The normalized spacial score (nSPS) is 10.0. The van der Waals surface area contributed by atoms with E-state index in [0.717, 1.165) is 16.3 Å². The summed E-state index contributed by atoms with van der Waals surface area (Å²) in [7, 11) is 0. The van der Waals surface area contributed by atoms with Crippen LogP contribution in [-0.2, 0) is 5.75 Å². The minimum atomic E-state index is 0.616. The number of halogens is 2. The van der Waals surface area contributed by atoms with Crippen molar-refractivity contribution in [1.82, 2.24) is 0 Å². The van der Waals surface area contributed by atoms with Gasteiger partial charge in [0.2, 0.25) is 0 Å². The van der Waals surface area contributed by atoms with Gasteiger partial charge in [0.1, 0.15) is 0 Å². The molecule has 0 aliphatic carbocycles. The molecule has 0 nitrogen and oxygen atoms in total. The third-order valence-corrected chi connectivity index (χ3v) is 2.79. The lowest BCUT2D eigenvalue weighted by Crippen LogP contribution is -1.80. The second-order valence-electron chi connectivity index (χ2n) is 2.05. The van der Waals surface area contributed by atoms with Crippen molar-refractivity contribution in [2.45, 2.75) is 5.75 Å². The molecule has 0 bridgehead atoms. The van der Waals surface area contributed by atoms with Crippen LogP contribution in [0.1, 0.15) is 5.56 Å². The Kier molecular flexibility index (Phi) is 4.13. The molecule has 0 spiro atoms. The minimum absolute atomic E-state index is 0.616. The molecule has 0 atom stereocenters. The molecule has 1 rings (SSSR count). The van der Waals surface area contributed by atoms with Gasteiger partial charge in [-0.1, -0.05) is 29.8 Å². The summed E-state index contributed by atoms with van der Waals surface area (Å²) < 4.78 is 0. The number of hydrogen-bond donors (Lipinski definition) is 0. The summed E-state index contributed by atoms with van der Waals surface area (Å²) in [4.78, 5) is 0. The molecule has 0 aromatic heterocycles. The zero-order valence-corrected chi connectivity index (χ0v) is 8.22. The van der Waals surface area contributed by atoms with E-state index in [1.165, 1.54) is 0 Å². The van der Waals surface area contributed by atoms with Crippen molar-refractivity contribution >= 4 is 35.0 Å². The van der Waals surface area contributed by atoms with Gasteiger partial charge in [-0.15, -0.1) is 23.4 Å². The van der Waals surface area contributed by atoms with Crippen molar-refractivity contribution in [3.63, 3.8) is 0 Å². The van der Waals surface area contributed by atoms with Crippen LogP contribution in [0.2, 0.25) is 5.02 Å². The lowest BCUT2D eigenvalue weighted by atomic mass is 10.2. The molecular formula is C8H8Cl2S. The molecule has 0 radical (unpaired) electrons. The fourth-order valence-electron chi connectivity index (χ4n) is 0.764. The maximum absolute atomic E-state index is 5.90. The van der Waals surface area contributed by atoms with Crippen LogP contribution in [0.15, 0.2) is 24.3 Å². The van der Waals surface area contributed by atoms with Crippen LogP contribution in [0.25, 0.3) is 0 Å². The van der Waals surface area contributed by atoms with Gasteiger partial charge in [-0.3, -0.25) is 0 Å². The molecular weight excluding hydrogens is 199 g/mol. The predicted octanol–water partition coefficient (Wildman–Crippen LogP) is 3.77. The topological polar surface area (TPSA) is 0 Å². The molecule has 0 amide bonds. The van der Waals surface area contributed by atoms with E-state index in [1.54, 1.807) is 11.8 Å². The first-order valence-electron chi connectivity index (χ1n) is 3.21. The Hall–Kier alpha value is 0.150. The molecule has 3 heteroatoms. The molecule has 11 heavy (non-hydrogen) atoms. The van der Waals surface area contributed by atoms with Crippen molar-refractivity contribution in [2.75, 3.05) is 5.21 Å². The highest BCUT2D eigenvalue weighted by molar-refractivity contribution is 7.99. The van der Waals surface area contributed by atoms with Gasteiger partial charge >= 0.3 is 0 Å². The predicted molar refractivity (Wildman–Crippen MR) is 53.5 cm³/mol. The molecule has 0 aliphatic rings. The first kappa shape index (κ1) is 9.24. The van der Waals surface area contributed by atoms with Crippen LogP contribution >= 0.6 is 35.0 Å². The van der Waals surface area contributed by atoms with Crippen LogP contribution in [0.3, 0.4) is 0 Å². The molecule has 0 heterocycles. The highest BCUT2D eigenvalue weighted by Crippen LogP contribution is 2.20. The number of thioether (sulfide) groups is 1. The lowest BCUT2D eigenvalue weighted by molar-refractivity contribution is 1.42. The standard InChI is InChI=1S/C8H8Cl2S/c9-6-11-5-7-3-1-2-4-8(7)10/h1-4H,5-6H2. The zero-order valence-electron chi connectivity index (χ0n) is 5.89. The smallest absolute Gasteiger partial charge is 0.0683 e. The minimum Gasteiger partial charge on any atom is -0.141 e. The number of hydrogen-bond acceptors (Lipinski definition) is 1. The van der Waals surface area contributed by atoms with Crippen LogP contribution < -0.4 is 0 Å². The molecule has 60 valence electrons. The summed E-state index contributed by atoms with van der Waals surface area (Å²) in [5.74, 6) is 0.892. The first-order valence-corrected chi connectivity index (χ1v) is 5.28. The molecule has 1 aromatic rings. The summed E-state index contributed by atoms with van der Waals surface area (Å²) >= 11 is 13.1. The van der Waals surface area contributed by atoms with E-state index in [0.29, 0.717) is 5.21 Å². The zero-order chi connectivity index (χ0) is 8.10. The Morgan fingerprint density at radius 3 is 2.64 bits per heavy atom. The Morgan fingerprint density at radius 2 is 2.00 bits per heavy atom. The van der Waals surface area contributed by atoms with E-state index < -0.39 is 0 Å². The van der Waals surface area contributed by atoms with E-state index in [9.17, 15) is 0 Å². The summed E-state index contributed by atoms with van der Waals surface area (Å²) in [6.07, 6.45) is 0. The van der Waals surface area contributed by atoms with Gasteiger partial charge in [0.25, 0.3) is 0 Å². The molecule has 0 saturated carbocycles. The third-order valence-electron chi connectivity index (χ3n) is 1.29. The highest BCUT2D eigenvalue weighted by atomic mass is 35.5. The molecule has 0 saturated heterocycles. The van der Waals surface area contributed by atoms with E-state index >= 15 is 0 Å². The van der Waals surface area contributed by atoms with Crippen molar-refractivity contribution in [1.29, 1.82) is 0 Å². The fraction of sp³-hybridized carbons (Fsp3) is 0.250. The van der Waals surface area contributed by atoms with Gasteiger partial charge in [0.05, 0.1) is 5.21 Å². The SMILES string of the molecule is ClCSCc1ccccc1Cl. The van der Waals surface area contributed by atoms with Crippen molar-refractivity contribution in [3.05, 3.63) is 34.9 Å². The van der Waals surface area contributed by atoms with Gasteiger partial charge in [-0.05, 0) is 11.6 Å². The summed E-state index contributed by atoms with van der Waals surface area (Å²) in [5.41, 5.74) is 1.15. The van der Waals surface area contributed by atoms with Crippen molar-refractivity contribution in [2.24, 2.45) is 0 Å². The number of alkyl halides is 1. The van der Waals surface area contributed by atoms with Gasteiger partial charge in [-0.2, -0.15) is 0 Å². The average Bonchev–Trinajstić information content (AvgIpc) is 2.03. The Balaban J connectivity index is 2.62. The van der Waals surface area contributed by atoms with E-state index in [1.807, 2.05) is 24.3 Å². The Morgan fingerprint density at radius 1 is 1.27 bits per heavy atom. The van der Waals surface area contributed by atoms with Crippen molar-refractivity contribution in [3.8, 4) is 0 Å². The van der Waals surface area contributed by atoms with Gasteiger partial charge in [0, 0.05) is 10.8 Å². The molecule has 1 aromatic carbocycles.